The van der Waals surface area contributed by atoms with Crippen LogP contribution in [0, 0.1) is 5.82 Å². The number of aromatic nitrogens is 4. The highest BCUT2D eigenvalue weighted by Gasteiger charge is 2.17. The van der Waals surface area contributed by atoms with Crippen LogP contribution >= 0.6 is 0 Å². The molecule has 0 unspecified atom stereocenters. The van der Waals surface area contributed by atoms with E-state index in [4.69, 9.17) is 31.5 Å². The first-order valence-electron chi connectivity index (χ1n) is 16.1. The van der Waals surface area contributed by atoms with E-state index in [1.807, 2.05) is 6.79 Å². The number of nitrogens with two attached hydrogens (primary N) is 4. The van der Waals surface area contributed by atoms with Gasteiger partial charge >= 0.3 is 11.9 Å². The number of carboxylic acids is 2. The largest absolute Gasteiger partial charge is 0.493 e. The number of benzene rings is 2. The number of ether oxygens (including phenoxy) is 2. The van der Waals surface area contributed by atoms with Crippen LogP contribution in [0.2, 0.25) is 0 Å². The summed E-state index contributed by atoms with van der Waals surface area (Å²) in [6.07, 6.45) is 10.7. The van der Waals surface area contributed by atoms with Crippen molar-refractivity contribution in [3.05, 3.63) is 119 Å². The maximum atomic E-state index is 14.7. The van der Waals surface area contributed by atoms with Gasteiger partial charge in [-0.05, 0) is 67.2 Å². The minimum Gasteiger partial charge on any atom is -0.493 e. The van der Waals surface area contributed by atoms with Gasteiger partial charge in [0, 0.05) is 39.0 Å². The van der Waals surface area contributed by atoms with Crippen molar-refractivity contribution in [3.8, 4) is 11.5 Å². The molecular weight excluding hydrogens is 736 g/mol. The summed E-state index contributed by atoms with van der Waals surface area (Å²) in [7, 11) is 5.42. The summed E-state index contributed by atoms with van der Waals surface area (Å²) in [6.45, 7) is 2.06. The predicted molar refractivity (Wildman–Crippen MR) is 207 cm³/mol. The van der Waals surface area contributed by atoms with Crippen LogP contribution in [0.1, 0.15) is 44.1 Å². The van der Waals surface area contributed by atoms with Gasteiger partial charge in [0.1, 0.15) is 12.5 Å². The lowest BCUT2D eigenvalue weighted by molar-refractivity contribution is -0.112. The number of amides is 1. The van der Waals surface area contributed by atoms with E-state index in [1.165, 1.54) is 55.6 Å². The Balaban J connectivity index is 0.00000249. The second kappa shape index (κ2) is 24.1. The third kappa shape index (κ3) is 13.6. The zero-order valence-electron chi connectivity index (χ0n) is 31.1. The molecule has 0 bridgehead atoms. The molecule has 19 heteroatoms. The third-order valence-electron chi connectivity index (χ3n) is 7.11. The molecule has 300 valence electrons. The Morgan fingerprint density at radius 2 is 1.38 bits per heavy atom. The first-order valence-corrected chi connectivity index (χ1v) is 16.1. The number of halogens is 2. The van der Waals surface area contributed by atoms with Crippen molar-refractivity contribution in [2.45, 2.75) is 6.42 Å². The lowest BCUT2D eigenvalue weighted by Gasteiger charge is -2.13. The highest BCUT2D eigenvalue weighted by atomic mass is 19.1. The van der Waals surface area contributed by atoms with E-state index in [1.54, 1.807) is 54.1 Å². The molecule has 0 fully saturated rings. The van der Waals surface area contributed by atoms with Gasteiger partial charge in [-0.3, -0.25) is 18.5 Å². The van der Waals surface area contributed by atoms with Crippen LogP contribution in [-0.4, -0.2) is 81.8 Å². The number of alkyl halides is 1. The van der Waals surface area contributed by atoms with Crippen LogP contribution in [0.3, 0.4) is 0 Å². The van der Waals surface area contributed by atoms with Crippen molar-refractivity contribution in [1.29, 1.82) is 0 Å². The molecule has 0 saturated carbocycles. The first kappa shape index (κ1) is 46.7. The molecule has 4 rings (SSSR count). The summed E-state index contributed by atoms with van der Waals surface area (Å²) >= 11 is 0. The standard InChI is InChI=1S/C34H35FN8O7.CH3F.CH5N.CH2O/c1-42-29(11-13-39-42)25(36)6-3-5-20-17-31(24(35)19-23(20)34(47)48)50-16-4-15-49-21-7-8-22(33(45)46)28(18-21)41-32(44)27(38)10-9-26(37)30-12-14-40-43(30)2;3*1-2/h3,5-14,17-19H,4,15-16,36-38H2,1-2H3,(H,41,44)(H,45,46)(H,47,48);1H3;2H2,1H3;1H2/b5-3+,25-6-,26-9-,27-10-;;;. The van der Waals surface area contributed by atoms with Gasteiger partial charge in [0.2, 0.25) is 0 Å². The monoisotopic (exact) mass is 781 g/mol. The molecule has 1 amide bonds. The van der Waals surface area contributed by atoms with Gasteiger partial charge in [0.05, 0.1) is 65.7 Å². The fraction of sp³-hybridized carbons (Fsp3) is 0.189. The predicted octanol–water partition coefficient (Wildman–Crippen LogP) is 3.31. The van der Waals surface area contributed by atoms with Crippen LogP contribution in [-0.2, 0) is 23.7 Å². The molecule has 0 spiro atoms. The normalized spacial score (nSPS) is 11.2. The van der Waals surface area contributed by atoms with E-state index >= 15 is 0 Å². The molecule has 0 aliphatic rings. The second-order valence-corrected chi connectivity index (χ2v) is 10.6. The molecule has 0 radical (unpaired) electrons. The molecule has 0 aliphatic heterocycles. The average molecular weight is 782 g/mol. The van der Waals surface area contributed by atoms with E-state index in [9.17, 15) is 33.4 Å². The number of nitrogens with one attached hydrogen (secondary N) is 1. The first-order chi connectivity index (χ1) is 26.8. The SMILES string of the molecule is C=O.CF.CN.Cn1nccc1/C(N)=C/C=C(\N)C(=O)Nc1cc(OCCCOc2cc(/C=C/C=C(\N)c3ccnn3C)c(C(=O)O)cc2F)ccc1C(=O)O. The Labute approximate surface area is 321 Å². The Kier molecular flexibility index (Phi) is 20.1. The maximum absolute atomic E-state index is 14.7. The van der Waals surface area contributed by atoms with Gasteiger partial charge in [-0.1, -0.05) is 12.2 Å². The zero-order chi connectivity index (χ0) is 42.4. The Morgan fingerprint density at radius 3 is 1.91 bits per heavy atom. The summed E-state index contributed by atoms with van der Waals surface area (Å²) in [6, 6.07) is 9.54. The van der Waals surface area contributed by atoms with Crippen LogP contribution in [0.15, 0.2) is 84.9 Å². The van der Waals surface area contributed by atoms with E-state index in [2.05, 4.69) is 21.2 Å². The molecule has 0 aliphatic carbocycles. The van der Waals surface area contributed by atoms with E-state index in [0.29, 0.717) is 30.0 Å². The molecular formula is C37H45F2N9O8. The summed E-state index contributed by atoms with van der Waals surface area (Å²) < 4.78 is 38.6. The van der Waals surface area contributed by atoms with Crippen molar-refractivity contribution in [1.82, 2.24) is 19.6 Å². The van der Waals surface area contributed by atoms with Crippen molar-refractivity contribution < 1.29 is 47.6 Å². The van der Waals surface area contributed by atoms with E-state index < -0.39 is 23.7 Å². The number of hydrogen-bond acceptors (Lipinski definition) is 12. The van der Waals surface area contributed by atoms with Crippen molar-refractivity contribution in [2.75, 3.05) is 32.8 Å². The smallest absolute Gasteiger partial charge is 0.337 e. The third-order valence-corrected chi connectivity index (χ3v) is 7.11. The fourth-order valence-corrected chi connectivity index (χ4v) is 4.53. The fourth-order valence-electron chi connectivity index (χ4n) is 4.53. The summed E-state index contributed by atoms with van der Waals surface area (Å²) in [5.74, 6) is -4.19. The molecule has 0 atom stereocenters. The Hall–Kier alpha value is -7.28. The topological polar surface area (TPSA) is 279 Å². The number of aryl methyl sites for hydroxylation is 2. The summed E-state index contributed by atoms with van der Waals surface area (Å²) in [4.78, 5) is 44.3. The second-order valence-electron chi connectivity index (χ2n) is 10.6. The Morgan fingerprint density at radius 1 is 0.821 bits per heavy atom. The van der Waals surface area contributed by atoms with Crippen LogP contribution in [0.4, 0.5) is 14.5 Å². The molecule has 4 aromatic rings. The van der Waals surface area contributed by atoms with E-state index in [-0.39, 0.29) is 59.2 Å². The number of carbonyl (C=O) groups is 4. The Bertz CT molecular complexity index is 2060. The highest BCUT2D eigenvalue weighted by molar-refractivity contribution is 6.07. The van der Waals surface area contributed by atoms with E-state index in [0.717, 1.165) is 6.07 Å². The maximum Gasteiger partial charge on any atom is 0.337 e. The van der Waals surface area contributed by atoms with Gasteiger partial charge in [0.25, 0.3) is 5.91 Å². The molecule has 2 aromatic heterocycles. The van der Waals surface area contributed by atoms with Gasteiger partial charge in [-0.25, -0.2) is 14.0 Å². The molecule has 2 aromatic carbocycles. The van der Waals surface area contributed by atoms with Crippen LogP contribution in [0.25, 0.3) is 17.5 Å². The number of hydrogen-bond donors (Lipinski definition) is 7. The zero-order valence-corrected chi connectivity index (χ0v) is 31.1. The number of rotatable bonds is 15. The highest BCUT2D eigenvalue weighted by Crippen LogP contribution is 2.26. The quantitative estimate of drug-likeness (QED) is 0.0518. The molecule has 11 N–H and O–H groups in total. The minimum absolute atomic E-state index is 0.00652. The van der Waals surface area contributed by atoms with Gasteiger partial charge < -0.3 is 52.7 Å². The van der Waals surface area contributed by atoms with Crippen LogP contribution < -0.4 is 37.7 Å². The number of anilines is 1. The number of nitrogens with zero attached hydrogens (tertiary/aromatic N) is 4. The van der Waals surface area contributed by atoms with Gasteiger partial charge in [0.15, 0.2) is 11.6 Å². The van der Waals surface area contributed by atoms with Gasteiger partial charge in [-0.2, -0.15) is 10.2 Å². The lowest BCUT2D eigenvalue weighted by Crippen LogP contribution is -2.21. The van der Waals surface area contributed by atoms with Crippen molar-refractivity contribution in [2.24, 2.45) is 37.0 Å². The molecule has 56 heavy (non-hydrogen) atoms. The number of aromatic carboxylic acids is 2. The lowest BCUT2D eigenvalue weighted by atomic mass is 10.1. The average Bonchev–Trinajstić information content (AvgIpc) is 3.84. The van der Waals surface area contributed by atoms with Crippen molar-refractivity contribution in [3.63, 3.8) is 0 Å². The minimum atomic E-state index is -1.32. The summed E-state index contributed by atoms with van der Waals surface area (Å²) in [5, 5.41) is 29.7. The molecule has 2 heterocycles. The number of allylic oxidation sites excluding steroid dienone is 4. The van der Waals surface area contributed by atoms with Crippen LogP contribution in [0.5, 0.6) is 11.5 Å². The number of carboxylic acid groups (broad SMARTS) is 2. The number of carbonyl (C=O) groups excluding carboxylic acids is 2. The summed E-state index contributed by atoms with van der Waals surface area (Å²) in [5.41, 5.74) is 23.9. The molecule has 0 saturated heterocycles. The van der Waals surface area contributed by atoms with Crippen molar-refractivity contribution >= 4 is 47.8 Å². The molecule has 17 nitrogen and oxygen atoms in total. The van der Waals surface area contributed by atoms with Gasteiger partial charge in [-0.15, -0.1) is 0 Å².